The topological polar surface area (TPSA) is 60.2 Å². The van der Waals surface area contributed by atoms with Gasteiger partial charge in [0.05, 0.1) is 12.8 Å². The number of aromatic nitrogens is 3. The molecule has 0 spiro atoms. The zero-order valence-corrected chi connectivity index (χ0v) is 10.6. The summed E-state index contributed by atoms with van der Waals surface area (Å²) in [5.74, 6) is 1.26. The second-order valence-electron chi connectivity index (χ2n) is 4.10. The Hall–Kier alpha value is -1.88. The van der Waals surface area contributed by atoms with Crippen molar-refractivity contribution in [1.82, 2.24) is 14.5 Å². The molecule has 1 atom stereocenters. The normalized spacial score (nSPS) is 12.4. The van der Waals surface area contributed by atoms with Crippen LogP contribution in [0.1, 0.15) is 30.8 Å². The summed E-state index contributed by atoms with van der Waals surface area (Å²) in [5.41, 5.74) is 0.679. The summed E-state index contributed by atoms with van der Waals surface area (Å²) >= 11 is 0. The number of aryl methyl sites for hydroxylation is 1. The van der Waals surface area contributed by atoms with Crippen molar-refractivity contribution in [2.24, 2.45) is 7.05 Å². The number of hydrogen-bond donors (Lipinski definition) is 1. The van der Waals surface area contributed by atoms with E-state index in [4.69, 9.17) is 4.74 Å². The Labute approximate surface area is 106 Å². The molecule has 0 saturated carbocycles. The molecule has 96 valence electrons. The summed E-state index contributed by atoms with van der Waals surface area (Å²) in [5, 5.41) is 10.2. The molecule has 5 nitrogen and oxygen atoms in total. The first kappa shape index (κ1) is 12.6. The zero-order valence-electron chi connectivity index (χ0n) is 10.6. The van der Waals surface area contributed by atoms with Gasteiger partial charge in [0.1, 0.15) is 17.7 Å². The summed E-state index contributed by atoms with van der Waals surface area (Å²) in [4.78, 5) is 8.20. The molecule has 18 heavy (non-hydrogen) atoms. The third-order valence-electron chi connectivity index (χ3n) is 2.63. The minimum Gasteiger partial charge on any atom is -0.492 e. The molecule has 0 aromatic carbocycles. The van der Waals surface area contributed by atoms with Gasteiger partial charge in [-0.25, -0.2) is 4.98 Å². The fraction of sp³-hybridized carbons (Fsp3) is 0.385. The monoisotopic (exact) mass is 247 g/mol. The number of imidazole rings is 1. The summed E-state index contributed by atoms with van der Waals surface area (Å²) in [6.07, 6.45) is 6.87. The van der Waals surface area contributed by atoms with Crippen LogP contribution in [0.4, 0.5) is 0 Å². The summed E-state index contributed by atoms with van der Waals surface area (Å²) in [6.45, 7) is 2.68. The van der Waals surface area contributed by atoms with Crippen molar-refractivity contribution < 1.29 is 9.84 Å². The number of nitrogens with zero attached hydrogens (tertiary/aromatic N) is 3. The van der Waals surface area contributed by atoms with Gasteiger partial charge < -0.3 is 14.4 Å². The predicted octanol–water partition coefficient (Wildman–Crippen LogP) is 1.69. The Morgan fingerprint density at radius 3 is 2.94 bits per heavy atom. The van der Waals surface area contributed by atoms with E-state index in [-0.39, 0.29) is 0 Å². The Bertz CT molecular complexity index is 510. The van der Waals surface area contributed by atoms with E-state index in [0.29, 0.717) is 23.7 Å². The largest absolute Gasteiger partial charge is 0.492 e. The van der Waals surface area contributed by atoms with Crippen molar-refractivity contribution in [3.8, 4) is 5.75 Å². The highest BCUT2D eigenvalue weighted by atomic mass is 16.5. The van der Waals surface area contributed by atoms with Crippen molar-refractivity contribution >= 4 is 0 Å². The molecule has 2 rings (SSSR count). The van der Waals surface area contributed by atoms with Crippen LogP contribution in [0.3, 0.4) is 0 Å². The Morgan fingerprint density at radius 1 is 1.44 bits per heavy atom. The van der Waals surface area contributed by atoms with E-state index in [9.17, 15) is 5.11 Å². The lowest BCUT2D eigenvalue weighted by Gasteiger charge is -2.12. The first-order chi connectivity index (χ1) is 8.72. The van der Waals surface area contributed by atoms with Gasteiger partial charge in [-0.3, -0.25) is 4.98 Å². The minimum absolute atomic E-state index is 0.587. The maximum atomic E-state index is 10.2. The molecule has 0 aliphatic carbocycles. The molecule has 0 fully saturated rings. The second kappa shape index (κ2) is 5.64. The molecule has 0 aliphatic rings. The van der Waals surface area contributed by atoms with Crippen LogP contribution in [0.2, 0.25) is 0 Å². The third kappa shape index (κ3) is 2.68. The summed E-state index contributed by atoms with van der Waals surface area (Å²) in [7, 11) is 1.84. The molecular formula is C13H17N3O2. The molecule has 5 heteroatoms. The average molecular weight is 247 g/mol. The fourth-order valence-electron chi connectivity index (χ4n) is 1.67. The third-order valence-corrected chi connectivity index (χ3v) is 2.63. The first-order valence-corrected chi connectivity index (χ1v) is 5.95. The lowest BCUT2D eigenvalue weighted by atomic mass is 10.1. The molecule has 0 bridgehead atoms. The molecule has 2 heterocycles. The Morgan fingerprint density at radius 2 is 2.28 bits per heavy atom. The molecule has 0 amide bonds. The number of hydrogen-bond acceptors (Lipinski definition) is 4. The summed E-state index contributed by atoms with van der Waals surface area (Å²) in [6, 6.07) is 1.79. The van der Waals surface area contributed by atoms with Gasteiger partial charge in [0.2, 0.25) is 0 Å². The SMILES string of the molecule is CCCOc1cncc(C(O)c2nccn2C)c1. The van der Waals surface area contributed by atoms with E-state index in [1.807, 2.05) is 14.0 Å². The molecule has 2 aromatic rings. The van der Waals surface area contributed by atoms with Crippen molar-refractivity contribution in [2.75, 3.05) is 6.61 Å². The van der Waals surface area contributed by atoms with Gasteiger partial charge in [-0.1, -0.05) is 6.92 Å². The number of aliphatic hydroxyl groups excluding tert-OH is 1. The van der Waals surface area contributed by atoms with Crippen molar-refractivity contribution in [3.05, 3.63) is 42.2 Å². The highest BCUT2D eigenvalue weighted by Crippen LogP contribution is 2.22. The molecule has 0 aliphatic heterocycles. The molecule has 2 aromatic heterocycles. The van der Waals surface area contributed by atoms with Gasteiger partial charge in [0, 0.05) is 31.2 Å². The highest BCUT2D eigenvalue weighted by Gasteiger charge is 2.15. The van der Waals surface area contributed by atoms with Gasteiger partial charge >= 0.3 is 0 Å². The van der Waals surface area contributed by atoms with E-state index in [0.717, 1.165) is 6.42 Å². The van der Waals surface area contributed by atoms with Gasteiger partial charge in [-0.15, -0.1) is 0 Å². The van der Waals surface area contributed by atoms with Crippen molar-refractivity contribution in [1.29, 1.82) is 0 Å². The number of ether oxygens (including phenoxy) is 1. The molecule has 1 unspecified atom stereocenters. The molecular weight excluding hydrogens is 230 g/mol. The number of aliphatic hydroxyl groups is 1. The lowest BCUT2D eigenvalue weighted by Crippen LogP contribution is -2.07. The fourth-order valence-corrected chi connectivity index (χ4v) is 1.67. The Kier molecular flexibility index (Phi) is 3.94. The van der Waals surface area contributed by atoms with Gasteiger partial charge in [-0.2, -0.15) is 0 Å². The average Bonchev–Trinajstić information content (AvgIpc) is 2.82. The smallest absolute Gasteiger partial charge is 0.142 e. The van der Waals surface area contributed by atoms with Crippen LogP contribution in [-0.2, 0) is 7.05 Å². The van der Waals surface area contributed by atoms with Gasteiger partial charge in [-0.05, 0) is 12.5 Å². The van der Waals surface area contributed by atoms with Crippen LogP contribution in [0.25, 0.3) is 0 Å². The van der Waals surface area contributed by atoms with E-state index < -0.39 is 6.10 Å². The van der Waals surface area contributed by atoms with Crippen molar-refractivity contribution in [2.45, 2.75) is 19.4 Å². The molecule has 1 N–H and O–H groups in total. The van der Waals surface area contributed by atoms with Crippen LogP contribution >= 0.6 is 0 Å². The van der Waals surface area contributed by atoms with E-state index in [1.54, 1.807) is 35.4 Å². The van der Waals surface area contributed by atoms with E-state index in [2.05, 4.69) is 9.97 Å². The highest BCUT2D eigenvalue weighted by molar-refractivity contribution is 5.28. The maximum absolute atomic E-state index is 10.2. The number of pyridine rings is 1. The van der Waals surface area contributed by atoms with Crippen LogP contribution in [0, 0.1) is 0 Å². The van der Waals surface area contributed by atoms with Gasteiger partial charge in [0.15, 0.2) is 0 Å². The molecule has 0 saturated heterocycles. The molecule has 0 radical (unpaired) electrons. The van der Waals surface area contributed by atoms with Crippen molar-refractivity contribution in [3.63, 3.8) is 0 Å². The van der Waals surface area contributed by atoms with Crippen LogP contribution < -0.4 is 4.74 Å². The van der Waals surface area contributed by atoms with Gasteiger partial charge in [0.25, 0.3) is 0 Å². The number of rotatable bonds is 5. The minimum atomic E-state index is -0.789. The van der Waals surface area contributed by atoms with Crippen LogP contribution in [-0.4, -0.2) is 26.2 Å². The predicted molar refractivity (Wildman–Crippen MR) is 67.3 cm³/mol. The van der Waals surface area contributed by atoms with Crippen LogP contribution in [0.15, 0.2) is 30.9 Å². The maximum Gasteiger partial charge on any atom is 0.142 e. The van der Waals surface area contributed by atoms with E-state index >= 15 is 0 Å². The second-order valence-corrected chi connectivity index (χ2v) is 4.10. The lowest BCUT2D eigenvalue weighted by molar-refractivity contribution is 0.205. The standard InChI is InChI=1S/C13H17N3O2/c1-3-6-18-11-7-10(8-14-9-11)12(17)13-15-4-5-16(13)2/h4-5,7-9,12,17H,3,6H2,1-2H3. The van der Waals surface area contributed by atoms with E-state index in [1.165, 1.54) is 0 Å². The summed E-state index contributed by atoms with van der Waals surface area (Å²) < 4.78 is 7.27. The zero-order chi connectivity index (χ0) is 13.0. The van der Waals surface area contributed by atoms with Crippen LogP contribution in [0.5, 0.6) is 5.75 Å². The quantitative estimate of drug-likeness (QED) is 0.873. The Balaban J connectivity index is 2.20. The first-order valence-electron chi connectivity index (χ1n) is 5.95.